The van der Waals surface area contributed by atoms with Gasteiger partial charge in [-0.15, -0.1) is 11.3 Å². The minimum Gasteiger partial charge on any atom is -0.268 e. The largest absolute Gasteiger partial charge is 0.268 e. The lowest BCUT2D eigenvalue weighted by atomic mass is 9.97. The van der Waals surface area contributed by atoms with Crippen molar-refractivity contribution in [3.05, 3.63) is 86.5 Å². The van der Waals surface area contributed by atoms with Crippen molar-refractivity contribution >= 4 is 33.3 Å². The lowest BCUT2D eigenvalue weighted by Gasteiger charge is -2.13. The highest BCUT2D eigenvalue weighted by Gasteiger charge is 2.22. The molecule has 2 heterocycles. The Kier molecular flexibility index (Phi) is 5.16. The summed E-state index contributed by atoms with van der Waals surface area (Å²) in [6, 6.07) is 19.5. The maximum absolute atomic E-state index is 13.7. The van der Waals surface area contributed by atoms with Crippen LogP contribution in [0.4, 0.5) is 0 Å². The fourth-order valence-corrected chi connectivity index (χ4v) is 6.18. The Morgan fingerprint density at radius 1 is 1.07 bits per heavy atom. The van der Waals surface area contributed by atoms with Gasteiger partial charge in [0.1, 0.15) is 4.83 Å². The monoisotopic (exact) mass is 429 g/mol. The summed E-state index contributed by atoms with van der Waals surface area (Å²) in [6.07, 6.45) is 4.35. The maximum atomic E-state index is 13.7. The summed E-state index contributed by atoms with van der Waals surface area (Å²) >= 11 is 3.24. The summed E-state index contributed by atoms with van der Waals surface area (Å²) in [4.78, 5) is 20.8. The predicted molar refractivity (Wildman–Crippen MR) is 123 cm³/mol. The van der Waals surface area contributed by atoms with Crippen LogP contribution in [0.5, 0.6) is 0 Å². The van der Waals surface area contributed by atoms with Crippen molar-refractivity contribution in [1.29, 1.82) is 5.26 Å². The van der Waals surface area contributed by atoms with Crippen molar-refractivity contribution in [1.82, 2.24) is 9.55 Å². The maximum Gasteiger partial charge on any atom is 0.267 e. The molecule has 0 atom stereocenters. The van der Waals surface area contributed by atoms with Gasteiger partial charge < -0.3 is 0 Å². The molecule has 4 nitrogen and oxygen atoms in total. The molecule has 0 aliphatic heterocycles. The second-order valence-electron chi connectivity index (χ2n) is 7.36. The third kappa shape index (κ3) is 3.45. The van der Waals surface area contributed by atoms with Crippen LogP contribution in [0.3, 0.4) is 0 Å². The number of rotatable bonds is 4. The van der Waals surface area contributed by atoms with Crippen LogP contribution in [0, 0.1) is 11.3 Å². The van der Waals surface area contributed by atoms with Crippen LogP contribution in [0.1, 0.15) is 34.4 Å². The predicted octanol–water partition coefficient (Wildman–Crippen LogP) is 5.49. The first-order valence-corrected chi connectivity index (χ1v) is 11.8. The molecule has 0 radical (unpaired) electrons. The van der Waals surface area contributed by atoms with Crippen LogP contribution in [0.2, 0.25) is 0 Å². The molecule has 0 bridgehead atoms. The van der Waals surface area contributed by atoms with Gasteiger partial charge in [0.25, 0.3) is 5.56 Å². The Hall–Kier alpha value is -2.88. The second kappa shape index (κ2) is 8.10. The van der Waals surface area contributed by atoms with E-state index in [0.717, 1.165) is 40.7 Å². The summed E-state index contributed by atoms with van der Waals surface area (Å²) in [5.74, 6) is 0.682. The van der Waals surface area contributed by atoms with Crippen molar-refractivity contribution in [3.8, 4) is 11.8 Å². The highest BCUT2D eigenvalue weighted by molar-refractivity contribution is 7.98. The summed E-state index contributed by atoms with van der Waals surface area (Å²) < 4.78 is 1.76. The number of thioether (sulfide) groups is 1. The van der Waals surface area contributed by atoms with E-state index >= 15 is 0 Å². The standard InChI is InChI=1S/C24H19N3OS2/c25-14-16-10-12-17(13-11-16)15-29-24-26-22-21(19-8-4-5-9-20(19)30-22)23(28)27(24)18-6-2-1-3-7-18/h1-3,6-7,10-13H,4-5,8-9,15H2. The fraction of sp³-hybridized carbons (Fsp3) is 0.208. The number of aromatic nitrogens is 2. The molecule has 1 aliphatic rings. The quantitative estimate of drug-likeness (QED) is 0.318. The van der Waals surface area contributed by atoms with Gasteiger partial charge in [-0.3, -0.25) is 9.36 Å². The Balaban J connectivity index is 1.62. The molecule has 0 N–H and O–H groups in total. The molecule has 4 aromatic rings. The number of hydrogen-bond acceptors (Lipinski definition) is 5. The molecule has 6 heteroatoms. The van der Waals surface area contributed by atoms with Gasteiger partial charge in [-0.1, -0.05) is 42.1 Å². The number of thiophene rings is 1. The molecule has 2 aromatic carbocycles. The molecular formula is C24H19N3OS2. The molecule has 2 aromatic heterocycles. The number of hydrogen-bond donors (Lipinski definition) is 0. The number of fused-ring (bicyclic) bond motifs is 3. The van der Waals surface area contributed by atoms with Crippen LogP contribution in [-0.4, -0.2) is 9.55 Å². The zero-order valence-electron chi connectivity index (χ0n) is 16.3. The highest BCUT2D eigenvalue weighted by Crippen LogP contribution is 2.35. The third-order valence-electron chi connectivity index (χ3n) is 5.42. The van der Waals surface area contributed by atoms with E-state index in [1.807, 2.05) is 54.6 Å². The van der Waals surface area contributed by atoms with E-state index in [9.17, 15) is 4.79 Å². The van der Waals surface area contributed by atoms with E-state index in [-0.39, 0.29) is 5.56 Å². The van der Waals surface area contributed by atoms with Gasteiger partial charge in [-0.2, -0.15) is 5.26 Å². The minimum absolute atomic E-state index is 0.0351. The first-order valence-electron chi connectivity index (χ1n) is 9.99. The van der Waals surface area contributed by atoms with Crippen LogP contribution < -0.4 is 5.56 Å². The lowest BCUT2D eigenvalue weighted by Crippen LogP contribution is -2.22. The molecule has 0 saturated heterocycles. The van der Waals surface area contributed by atoms with Crippen LogP contribution in [0.25, 0.3) is 15.9 Å². The molecule has 148 valence electrons. The molecular weight excluding hydrogens is 410 g/mol. The van der Waals surface area contributed by atoms with Crippen molar-refractivity contribution in [2.24, 2.45) is 0 Å². The topological polar surface area (TPSA) is 58.7 Å². The normalized spacial score (nSPS) is 13.2. The first kappa shape index (κ1) is 19.1. The molecule has 0 saturated carbocycles. The van der Waals surface area contributed by atoms with Crippen LogP contribution >= 0.6 is 23.1 Å². The lowest BCUT2D eigenvalue weighted by molar-refractivity contribution is 0.699. The average molecular weight is 430 g/mol. The fourth-order valence-electron chi connectivity index (χ4n) is 3.91. The van der Waals surface area contributed by atoms with Gasteiger partial charge in [0, 0.05) is 10.6 Å². The van der Waals surface area contributed by atoms with Crippen molar-refractivity contribution in [2.75, 3.05) is 0 Å². The smallest absolute Gasteiger partial charge is 0.267 e. The summed E-state index contributed by atoms with van der Waals surface area (Å²) in [5.41, 5.74) is 3.84. The Morgan fingerprint density at radius 3 is 2.60 bits per heavy atom. The summed E-state index contributed by atoms with van der Waals surface area (Å²) in [6.45, 7) is 0. The van der Waals surface area contributed by atoms with Gasteiger partial charge in [-0.25, -0.2) is 4.98 Å². The van der Waals surface area contributed by atoms with Crippen molar-refractivity contribution < 1.29 is 0 Å². The zero-order chi connectivity index (χ0) is 20.5. The Morgan fingerprint density at radius 2 is 1.83 bits per heavy atom. The first-order chi connectivity index (χ1) is 14.7. The number of benzene rings is 2. The molecule has 5 rings (SSSR count). The van der Waals surface area contributed by atoms with E-state index in [1.165, 1.54) is 16.9 Å². The number of nitriles is 1. The SMILES string of the molecule is N#Cc1ccc(CSc2nc3sc4c(c3c(=O)n2-c2ccccc2)CCCC4)cc1. The number of aryl methyl sites for hydroxylation is 2. The van der Waals surface area contributed by atoms with Gasteiger partial charge in [-0.05, 0) is 61.1 Å². The molecule has 1 aliphatic carbocycles. The van der Waals surface area contributed by atoms with E-state index < -0.39 is 0 Å². The highest BCUT2D eigenvalue weighted by atomic mass is 32.2. The average Bonchev–Trinajstić information content (AvgIpc) is 3.17. The van der Waals surface area contributed by atoms with Gasteiger partial charge in [0.2, 0.25) is 0 Å². The van der Waals surface area contributed by atoms with E-state index in [2.05, 4.69) is 6.07 Å². The second-order valence-corrected chi connectivity index (χ2v) is 9.39. The van der Waals surface area contributed by atoms with E-state index in [1.54, 1.807) is 27.7 Å². The van der Waals surface area contributed by atoms with E-state index in [0.29, 0.717) is 16.5 Å². The summed E-state index contributed by atoms with van der Waals surface area (Å²) in [7, 11) is 0. The molecule has 0 spiro atoms. The Labute approximate surface area is 182 Å². The Bertz CT molecular complexity index is 1320. The van der Waals surface area contributed by atoms with Crippen molar-refractivity contribution in [3.63, 3.8) is 0 Å². The van der Waals surface area contributed by atoms with Gasteiger partial charge in [0.05, 0.1) is 22.7 Å². The zero-order valence-corrected chi connectivity index (χ0v) is 17.9. The molecule has 0 amide bonds. The van der Waals surface area contributed by atoms with Crippen molar-refractivity contribution in [2.45, 2.75) is 36.6 Å². The van der Waals surface area contributed by atoms with Gasteiger partial charge >= 0.3 is 0 Å². The summed E-state index contributed by atoms with van der Waals surface area (Å²) in [5, 5.41) is 10.5. The minimum atomic E-state index is 0.0351. The van der Waals surface area contributed by atoms with Crippen LogP contribution in [-0.2, 0) is 18.6 Å². The van der Waals surface area contributed by atoms with Crippen LogP contribution in [0.15, 0.2) is 64.5 Å². The van der Waals surface area contributed by atoms with Gasteiger partial charge in [0.15, 0.2) is 5.16 Å². The number of nitrogens with zero attached hydrogens (tertiary/aromatic N) is 3. The molecule has 30 heavy (non-hydrogen) atoms. The van der Waals surface area contributed by atoms with E-state index in [4.69, 9.17) is 10.2 Å². The molecule has 0 unspecified atom stereocenters. The number of para-hydroxylation sites is 1. The molecule has 0 fully saturated rings. The third-order valence-corrected chi connectivity index (χ3v) is 7.62.